The molecule has 0 spiro atoms. The molecule has 2 aromatic heterocycles. The molecule has 6 nitrogen and oxygen atoms in total. The van der Waals surface area contributed by atoms with Crippen LogP contribution in [0.4, 0.5) is 0 Å². The van der Waals surface area contributed by atoms with E-state index < -0.39 is 17.5 Å². The van der Waals surface area contributed by atoms with E-state index in [1.165, 1.54) is 11.8 Å². The van der Waals surface area contributed by atoms with Crippen LogP contribution in [0.15, 0.2) is 53.7 Å². The highest BCUT2D eigenvalue weighted by atomic mass is 16.2. The Morgan fingerprint density at radius 1 is 1.14 bits per heavy atom. The fourth-order valence-electron chi connectivity index (χ4n) is 3.19. The summed E-state index contributed by atoms with van der Waals surface area (Å²) in [5, 5.41) is 2.98. The minimum atomic E-state index is -0.455. The van der Waals surface area contributed by atoms with E-state index in [1.807, 2.05) is 44.2 Å². The Kier molecular flexibility index (Phi) is 4.77. The van der Waals surface area contributed by atoms with Gasteiger partial charge in [-0.25, -0.2) is 4.98 Å². The molecular formula is C22H22N4O2. The Morgan fingerprint density at radius 3 is 2.61 bits per heavy atom. The molecule has 1 aliphatic rings. The number of pyridine rings is 1. The van der Waals surface area contributed by atoms with Crippen molar-refractivity contribution in [3.05, 3.63) is 92.9 Å². The number of nitrogens with zero attached hydrogens (tertiary/aromatic N) is 2. The van der Waals surface area contributed by atoms with Gasteiger partial charge in [0.1, 0.15) is 11.4 Å². The fraction of sp³-hybridized carbons (Fsp3) is 0.273. The van der Waals surface area contributed by atoms with Gasteiger partial charge < -0.3 is 10.3 Å². The molecule has 3 aromatic rings. The average Bonchev–Trinajstić information content (AvgIpc) is 3.54. The molecule has 2 heterocycles. The minimum absolute atomic E-state index is 0.0159. The predicted molar refractivity (Wildman–Crippen MR) is 106 cm³/mol. The second-order valence-corrected chi connectivity index (χ2v) is 7.32. The largest absolute Gasteiger partial charge is 0.341 e. The number of rotatable bonds is 5. The maximum atomic E-state index is 12.9. The van der Waals surface area contributed by atoms with E-state index in [0.29, 0.717) is 11.7 Å². The lowest BCUT2D eigenvalue weighted by molar-refractivity contribution is 0.0941. The summed E-state index contributed by atoms with van der Waals surface area (Å²) >= 11 is 0. The highest BCUT2D eigenvalue weighted by Crippen LogP contribution is 2.37. The lowest BCUT2D eigenvalue weighted by atomic mass is 9.96. The first-order chi connectivity index (χ1) is 13.5. The second kappa shape index (κ2) is 7.38. The van der Waals surface area contributed by atoms with Gasteiger partial charge >= 0.3 is 0 Å². The maximum absolute atomic E-state index is 12.9. The van der Waals surface area contributed by atoms with Crippen LogP contribution in [-0.2, 0) is 0 Å². The molecule has 2 N–H and O–H groups in total. The third kappa shape index (κ3) is 3.71. The molecule has 1 saturated carbocycles. The van der Waals surface area contributed by atoms with Gasteiger partial charge in [0.15, 0.2) is 0 Å². The van der Waals surface area contributed by atoms with E-state index in [4.69, 9.17) is 0 Å². The summed E-state index contributed by atoms with van der Waals surface area (Å²) in [7, 11) is 0. The van der Waals surface area contributed by atoms with E-state index >= 15 is 0 Å². The van der Waals surface area contributed by atoms with Crippen LogP contribution >= 0.6 is 0 Å². The van der Waals surface area contributed by atoms with Crippen molar-refractivity contribution in [2.24, 2.45) is 0 Å². The van der Waals surface area contributed by atoms with Gasteiger partial charge in [0, 0.05) is 24.5 Å². The Morgan fingerprint density at radius 2 is 1.96 bits per heavy atom. The molecule has 1 fully saturated rings. The molecular weight excluding hydrogens is 352 g/mol. The van der Waals surface area contributed by atoms with Crippen LogP contribution in [0.1, 0.15) is 63.2 Å². The first-order valence-corrected chi connectivity index (χ1v) is 9.40. The smallest absolute Gasteiger partial charge is 0.263 e. The van der Waals surface area contributed by atoms with Crippen molar-refractivity contribution in [2.75, 3.05) is 0 Å². The van der Waals surface area contributed by atoms with Crippen molar-refractivity contribution < 1.29 is 4.79 Å². The summed E-state index contributed by atoms with van der Waals surface area (Å²) in [6, 6.07) is 9.38. The fourth-order valence-corrected chi connectivity index (χ4v) is 3.19. The highest BCUT2D eigenvalue weighted by molar-refractivity contribution is 5.94. The Balaban J connectivity index is 1.66. The zero-order valence-electron chi connectivity index (χ0n) is 15.9. The first-order valence-electron chi connectivity index (χ1n) is 9.40. The van der Waals surface area contributed by atoms with Gasteiger partial charge in [-0.15, -0.1) is 0 Å². The van der Waals surface area contributed by atoms with Crippen molar-refractivity contribution >= 4 is 5.91 Å². The molecule has 6 heteroatoms. The van der Waals surface area contributed by atoms with E-state index in [0.717, 1.165) is 29.5 Å². The van der Waals surface area contributed by atoms with Crippen molar-refractivity contribution in [1.29, 1.82) is 0 Å². The van der Waals surface area contributed by atoms with E-state index in [9.17, 15) is 9.59 Å². The standard InChI is InChI=1S/C22H22N4O2/c1-13-5-6-16(10-14(13)2)19(17-4-3-9-23-11-17)25-21(27)18-12-24-20(15-7-8-15)26-22(18)28/h3-6,9-12,15,19H,7-8H2,1-2H3,(H,25,27)(H,24,26,28)/t19-/m0/s1. The molecule has 0 aliphatic heterocycles. The van der Waals surface area contributed by atoms with Gasteiger partial charge in [0.05, 0.1) is 6.04 Å². The number of aromatic nitrogens is 3. The molecule has 4 rings (SSSR count). The maximum Gasteiger partial charge on any atom is 0.263 e. The average molecular weight is 374 g/mol. The summed E-state index contributed by atoms with van der Waals surface area (Å²) < 4.78 is 0. The summed E-state index contributed by atoms with van der Waals surface area (Å²) in [4.78, 5) is 36.5. The number of carbonyl (C=O) groups is 1. The van der Waals surface area contributed by atoms with Crippen LogP contribution in [0.25, 0.3) is 0 Å². The van der Waals surface area contributed by atoms with Gasteiger partial charge in [-0.2, -0.15) is 0 Å². The lowest BCUT2D eigenvalue weighted by Gasteiger charge is -2.20. The van der Waals surface area contributed by atoms with Crippen molar-refractivity contribution in [2.45, 2.75) is 38.6 Å². The minimum Gasteiger partial charge on any atom is -0.341 e. The summed E-state index contributed by atoms with van der Waals surface area (Å²) in [6.07, 6.45) is 6.85. The SMILES string of the molecule is Cc1ccc([C@H](NC(=O)c2cnc(C3CC3)[nH]c2=O)c2cccnc2)cc1C. The van der Waals surface area contributed by atoms with Crippen LogP contribution in [0.3, 0.4) is 0 Å². The summed E-state index contributed by atoms with van der Waals surface area (Å²) in [5.74, 6) is 0.534. The molecule has 142 valence electrons. The van der Waals surface area contributed by atoms with Gasteiger partial charge in [-0.05, 0) is 55.0 Å². The zero-order valence-corrected chi connectivity index (χ0v) is 15.9. The van der Waals surface area contributed by atoms with E-state index in [-0.39, 0.29) is 5.56 Å². The number of aryl methyl sites for hydroxylation is 2. The number of aromatic amines is 1. The molecule has 1 aromatic carbocycles. The topological polar surface area (TPSA) is 87.7 Å². The third-order valence-corrected chi connectivity index (χ3v) is 5.19. The predicted octanol–water partition coefficient (Wildman–Crippen LogP) is 3.18. The Bertz CT molecular complexity index is 1070. The number of hydrogen-bond donors (Lipinski definition) is 2. The normalized spacial score (nSPS) is 14.5. The molecule has 1 atom stereocenters. The van der Waals surface area contributed by atoms with Gasteiger partial charge in [-0.1, -0.05) is 24.3 Å². The van der Waals surface area contributed by atoms with Crippen LogP contribution in [0.5, 0.6) is 0 Å². The van der Waals surface area contributed by atoms with Crippen molar-refractivity contribution in [1.82, 2.24) is 20.3 Å². The molecule has 0 unspecified atom stereocenters. The van der Waals surface area contributed by atoms with Crippen molar-refractivity contribution in [3.8, 4) is 0 Å². The molecule has 0 saturated heterocycles. The number of nitrogens with one attached hydrogen (secondary N) is 2. The lowest BCUT2D eigenvalue weighted by Crippen LogP contribution is -2.34. The van der Waals surface area contributed by atoms with Gasteiger partial charge in [0.25, 0.3) is 11.5 Å². The van der Waals surface area contributed by atoms with Crippen LogP contribution in [0, 0.1) is 13.8 Å². The monoisotopic (exact) mass is 374 g/mol. The number of hydrogen-bond acceptors (Lipinski definition) is 4. The van der Waals surface area contributed by atoms with E-state index in [2.05, 4.69) is 20.3 Å². The second-order valence-electron chi connectivity index (χ2n) is 7.32. The van der Waals surface area contributed by atoms with E-state index in [1.54, 1.807) is 12.4 Å². The molecule has 0 bridgehead atoms. The van der Waals surface area contributed by atoms with Crippen LogP contribution in [0.2, 0.25) is 0 Å². The van der Waals surface area contributed by atoms with Gasteiger partial charge in [0.2, 0.25) is 0 Å². The first kappa shape index (κ1) is 18.1. The number of benzene rings is 1. The van der Waals surface area contributed by atoms with Crippen molar-refractivity contribution in [3.63, 3.8) is 0 Å². The van der Waals surface area contributed by atoms with Crippen LogP contribution < -0.4 is 10.9 Å². The summed E-state index contributed by atoms with van der Waals surface area (Å²) in [5.41, 5.74) is 3.70. The molecule has 1 aliphatic carbocycles. The molecule has 28 heavy (non-hydrogen) atoms. The number of H-pyrrole nitrogens is 1. The molecule has 0 radical (unpaired) electrons. The Hall–Kier alpha value is -3.28. The quantitative estimate of drug-likeness (QED) is 0.718. The highest BCUT2D eigenvalue weighted by Gasteiger charge is 2.27. The number of amides is 1. The number of carbonyl (C=O) groups excluding carboxylic acids is 1. The molecule has 1 amide bonds. The Labute approximate surface area is 163 Å². The third-order valence-electron chi connectivity index (χ3n) is 5.19. The van der Waals surface area contributed by atoms with Gasteiger partial charge in [-0.3, -0.25) is 14.6 Å². The summed E-state index contributed by atoms with van der Waals surface area (Å²) in [6.45, 7) is 4.08. The zero-order chi connectivity index (χ0) is 19.7. The van der Waals surface area contributed by atoms with Crippen LogP contribution in [-0.4, -0.2) is 20.9 Å².